The Hall–Kier alpha value is -1.38. The van der Waals surface area contributed by atoms with Gasteiger partial charge in [0.25, 0.3) is 0 Å². The molecule has 2 aromatic rings. The van der Waals surface area contributed by atoms with Crippen molar-refractivity contribution in [1.29, 1.82) is 0 Å². The molecule has 0 radical (unpaired) electrons. The van der Waals surface area contributed by atoms with Gasteiger partial charge in [0.15, 0.2) is 0 Å². The first-order valence-electron chi connectivity index (χ1n) is 7.61. The maximum atomic E-state index is 10.4. The standard InChI is InChI=1S/C18H22O2/c19-18(11-10-17-7-3-4-12-20-17)16-9-8-14-5-1-2-6-15(14)13-16/h1-2,5-6,8-9,13,17-19H,3-4,7,10-12H2. The molecule has 1 aliphatic heterocycles. The van der Waals surface area contributed by atoms with Crippen molar-refractivity contribution < 1.29 is 9.84 Å². The van der Waals surface area contributed by atoms with Gasteiger partial charge in [-0.25, -0.2) is 0 Å². The van der Waals surface area contributed by atoms with Gasteiger partial charge in [-0.2, -0.15) is 0 Å². The van der Waals surface area contributed by atoms with E-state index in [4.69, 9.17) is 4.74 Å². The summed E-state index contributed by atoms with van der Waals surface area (Å²) in [4.78, 5) is 0. The summed E-state index contributed by atoms with van der Waals surface area (Å²) in [6.07, 6.45) is 5.28. The average Bonchev–Trinajstić information content (AvgIpc) is 2.53. The molecule has 2 atom stereocenters. The second kappa shape index (κ2) is 6.38. The normalized spacial score (nSPS) is 20.9. The van der Waals surface area contributed by atoms with Gasteiger partial charge < -0.3 is 9.84 Å². The number of aliphatic hydroxyl groups excluding tert-OH is 1. The van der Waals surface area contributed by atoms with Gasteiger partial charge in [0.1, 0.15) is 0 Å². The molecule has 0 amide bonds. The first-order valence-corrected chi connectivity index (χ1v) is 7.61. The molecule has 1 fully saturated rings. The lowest BCUT2D eigenvalue weighted by Gasteiger charge is -2.23. The van der Waals surface area contributed by atoms with E-state index in [1.165, 1.54) is 23.6 Å². The van der Waals surface area contributed by atoms with Gasteiger partial charge in [-0.15, -0.1) is 0 Å². The van der Waals surface area contributed by atoms with Crippen molar-refractivity contribution in [2.75, 3.05) is 6.61 Å². The van der Waals surface area contributed by atoms with Crippen molar-refractivity contribution in [3.63, 3.8) is 0 Å². The van der Waals surface area contributed by atoms with Crippen molar-refractivity contribution >= 4 is 10.8 Å². The Kier molecular flexibility index (Phi) is 4.34. The topological polar surface area (TPSA) is 29.5 Å². The lowest BCUT2D eigenvalue weighted by atomic mass is 9.97. The Morgan fingerprint density at radius 1 is 1.10 bits per heavy atom. The Bertz CT molecular complexity index is 558. The Balaban J connectivity index is 1.64. The highest BCUT2D eigenvalue weighted by Gasteiger charge is 2.16. The zero-order valence-electron chi connectivity index (χ0n) is 11.8. The Labute approximate surface area is 120 Å². The highest BCUT2D eigenvalue weighted by atomic mass is 16.5. The van der Waals surface area contributed by atoms with Gasteiger partial charge in [-0.3, -0.25) is 0 Å². The molecule has 1 heterocycles. The highest BCUT2D eigenvalue weighted by Crippen LogP contribution is 2.26. The van der Waals surface area contributed by atoms with Crippen LogP contribution in [0.1, 0.15) is 43.8 Å². The quantitative estimate of drug-likeness (QED) is 0.901. The van der Waals surface area contributed by atoms with Crippen LogP contribution >= 0.6 is 0 Å². The molecule has 0 aromatic heterocycles. The number of aliphatic hydroxyl groups is 1. The number of hydrogen-bond donors (Lipinski definition) is 1. The van der Waals surface area contributed by atoms with Crippen molar-refractivity contribution in [3.8, 4) is 0 Å². The van der Waals surface area contributed by atoms with E-state index in [-0.39, 0.29) is 6.10 Å². The van der Waals surface area contributed by atoms with Crippen LogP contribution in [-0.4, -0.2) is 17.8 Å². The molecule has 1 N–H and O–H groups in total. The molecule has 0 spiro atoms. The Morgan fingerprint density at radius 2 is 1.95 bits per heavy atom. The lowest BCUT2D eigenvalue weighted by Crippen LogP contribution is -2.19. The molecule has 2 nitrogen and oxygen atoms in total. The molecule has 2 aromatic carbocycles. The molecule has 0 saturated carbocycles. The monoisotopic (exact) mass is 270 g/mol. The van der Waals surface area contributed by atoms with Crippen molar-refractivity contribution in [2.45, 2.75) is 44.3 Å². The van der Waals surface area contributed by atoms with Gasteiger partial charge in [0.05, 0.1) is 12.2 Å². The molecule has 2 heteroatoms. The molecule has 0 aliphatic carbocycles. The minimum absolute atomic E-state index is 0.346. The van der Waals surface area contributed by atoms with Crippen molar-refractivity contribution in [3.05, 3.63) is 48.0 Å². The van der Waals surface area contributed by atoms with Crippen LogP contribution in [0.25, 0.3) is 10.8 Å². The summed E-state index contributed by atoms with van der Waals surface area (Å²) in [5, 5.41) is 12.8. The van der Waals surface area contributed by atoms with Crippen LogP contribution in [0.3, 0.4) is 0 Å². The summed E-state index contributed by atoms with van der Waals surface area (Å²) in [5.74, 6) is 0. The largest absolute Gasteiger partial charge is 0.388 e. The fraction of sp³-hybridized carbons (Fsp3) is 0.444. The van der Waals surface area contributed by atoms with Crippen LogP contribution in [-0.2, 0) is 4.74 Å². The predicted molar refractivity (Wildman–Crippen MR) is 81.7 cm³/mol. The van der Waals surface area contributed by atoms with Crippen LogP contribution in [0, 0.1) is 0 Å². The summed E-state index contributed by atoms with van der Waals surface area (Å²) < 4.78 is 5.72. The van der Waals surface area contributed by atoms with Crippen LogP contribution in [0.5, 0.6) is 0 Å². The van der Waals surface area contributed by atoms with Gasteiger partial charge in [-0.05, 0) is 54.5 Å². The van der Waals surface area contributed by atoms with Gasteiger partial charge >= 0.3 is 0 Å². The van der Waals surface area contributed by atoms with Gasteiger partial charge in [-0.1, -0.05) is 36.4 Å². The first kappa shape index (κ1) is 13.6. The van der Waals surface area contributed by atoms with E-state index in [0.29, 0.717) is 6.10 Å². The van der Waals surface area contributed by atoms with Crippen LogP contribution in [0.4, 0.5) is 0 Å². The third-order valence-electron chi connectivity index (χ3n) is 4.19. The molecule has 2 unspecified atom stereocenters. The van der Waals surface area contributed by atoms with E-state index in [1.807, 2.05) is 18.2 Å². The zero-order valence-corrected chi connectivity index (χ0v) is 11.8. The van der Waals surface area contributed by atoms with E-state index in [2.05, 4.69) is 24.3 Å². The van der Waals surface area contributed by atoms with E-state index in [0.717, 1.165) is 31.4 Å². The molecule has 20 heavy (non-hydrogen) atoms. The fourth-order valence-electron chi connectivity index (χ4n) is 2.96. The third kappa shape index (κ3) is 3.20. The smallest absolute Gasteiger partial charge is 0.0791 e. The highest BCUT2D eigenvalue weighted by molar-refractivity contribution is 5.83. The summed E-state index contributed by atoms with van der Waals surface area (Å²) in [6.45, 7) is 0.886. The lowest BCUT2D eigenvalue weighted by molar-refractivity contribution is 0.00214. The molecule has 1 aliphatic rings. The molecule has 0 bridgehead atoms. The number of benzene rings is 2. The molecule has 3 rings (SSSR count). The van der Waals surface area contributed by atoms with Crippen LogP contribution in [0.2, 0.25) is 0 Å². The van der Waals surface area contributed by atoms with Crippen LogP contribution in [0.15, 0.2) is 42.5 Å². The Morgan fingerprint density at radius 3 is 2.75 bits per heavy atom. The predicted octanol–water partition coefficient (Wildman–Crippen LogP) is 4.22. The van der Waals surface area contributed by atoms with Gasteiger partial charge in [0.2, 0.25) is 0 Å². The van der Waals surface area contributed by atoms with E-state index < -0.39 is 0 Å². The molecular formula is C18H22O2. The third-order valence-corrected chi connectivity index (χ3v) is 4.19. The van der Waals surface area contributed by atoms with E-state index in [9.17, 15) is 5.11 Å². The average molecular weight is 270 g/mol. The summed E-state index contributed by atoms with van der Waals surface area (Å²) >= 11 is 0. The van der Waals surface area contributed by atoms with E-state index in [1.54, 1.807) is 0 Å². The van der Waals surface area contributed by atoms with Gasteiger partial charge in [0, 0.05) is 6.61 Å². The maximum Gasteiger partial charge on any atom is 0.0791 e. The van der Waals surface area contributed by atoms with Crippen molar-refractivity contribution in [2.24, 2.45) is 0 Å². The maximum absolute atomic E-state index is 10.4. The van der Waals surface area contributed by atoms with Crippen LogP contribution < -0.4 is 0 Å². The van der Waals surface area contributed by atoms with E-state index >= 15 is 0 Å². The first-order chi connectivity index (χ1) is 9.83. The minimum Gasteiger partial charge on any atom is -0.388 e. The SMILES string of the molecule is OC(CCC1CCCCO1)c1ccc2ccccc2c1. The van der Waals surface area contributed by atoms with Crippen molar-refractivity contribution in [1.82, 2.24) is 0 Å². The second-order valence-corrected chi connectivity index (χ2v) is 5.69. The second-order valence-electron chi connectivity index (χ2n) is 5.69. The molecule has 1 saturated heterocycles. The fourth-order valence-corrected chi connectivity index (χ4v) is 2.96. The zero-order chi connectivity index (χ0) is 13.8. The minimum atomic E-state index is -0.384. The summed E-state index contributed by atoms with van der Waals surface area (Å²) in [5.41, 5.74) is 1.01. The molecule has 106 valence electrons. The summed E-state index contributed by atoms with van der Waals surface area (Å²) in [7, 11) is 0. The number of hydrogen-bond acceptors (Lipinski definition) is 2. The number of fused-ring (bicyclic) bond motifs is 1. The number of rotatable bonds is 4. The number of ether oxygens (including phenoxy) is 1. The molecular weight excluding hydrogens is 248 g/mol. The summed E-state index contributed by atoms with van der Waals surface area (Å²) in [6, 6.07) is 14.5.